The fourth-order valence-corrected chi connectivity index (χ4v) is 3.74. The molecule has 1 aliphatic rings. The summed E-state index contributed by atoms with van der Waals surface area (Å²) in [5.74, 6) is -0.366. The molecule has 1 aromatic heterocycles. The Morgan fingerprint density at radius 3 is 2.58 bits per heavy atom. The van der Waals surface area contributed by atoms with E-state index in [9.17, 15) is 14.4 Å². The summed E-state index contributed by atoms with van der Waals surface area (Å²) in [6.07, 6.45) is 1.85. The summed E-state index contributed by atoms with van der Waals surface area (Å²) in [5.41, 5.74) is -0.737. The van der Waals surface area contributed by atoms with E-state index in [1.807, 2.05) is 6.92 Å². The molecule has 26 heavy (non-hydrogen) atoms. The smallest absolute Gasteiger partial charge is 0.349 e. The van der Waals surface area contributed by atoms with Gasteiger partial charge in [0.1, 0.15) is 11.1 Å². The second kappa shape index (κ2) is 7.11. The first-order chi connectivity index (χ1) is 12.4. The summed E-state index contributed by atoms with van der Waals surface area (Å²) >= 11 is 5.98. The number of rotatable bonds is 3. The van der Waals surface area contributed by atoms with Gasteiger partial charge in [0, 0.05) is 30.5 Å². The Balaban J connectivity index is 1.85. The van der Waals surface area contributed by atoms with Gasteiger partial charge in [-0.3, -0.25) is 9.59 Å². The van der Waals surface area contributed by atoms with Crippen molar-refractivity contribution in [2.75, 3.05) is 20.1 Å². The highest BCUT2D eigenvalue weighted by Gasteiger charge is 2.40. The van der Waals surface area contributed by atoms with Crippen LogP contribution in [-0.2, 0) is 4.79 Å². The number of carbonyl (C=O) groups excluding carboxylic acids is 2. The van der Waals surface area contributed by atoms with Crippen LogP contribution in [0.1, 0.15) is 36.5 Å². The first-order valence-electron chi connectivity index (χ1n) is 8.65. The van der Waals surface area contributed by atoms with E-state index in [1.165, 1.54) is 6.07 Å². The summed E-state index contributed by atoms with van der Waals surface area (Å²) in [7, 11) is 1.63. The molecule has 0 radical (unpaired) electrons. The van der Waals surface area contributed by atoms with E-state index in [4.69, 9.17) is 16.0 Å². The monoisotopic (exact) mass is 376 g/mol. The maximum absolute atomic E-state index is 12.8. The van der Waals surface area contributed by atoms with Crippen LogP contribution in [0.4, 0.5) is 0 Å². The van der Waals surface area contributed by atoms with Gasteiger partial charge in [0.05, 0.1) is 5.41 Å². The van der Waals surface area contributed by atoms with Crippen LogP contribution < -0.4 is 10.9 Å². The van der Waals surface area contributed by atoms with Crippen molar-refractivity contribution < 1.29 is 14.0 Å². The average molecular weight is 377 g/mol. The van der Waals surface area contributed by atoms with Gasteiger partial charge in [-0.25, -0.2) is 4.79 Å². The molecule has 0 atom stereocenters. The Labute approximate surface area is 156 Å². The largest absolute Gasteiger partial charge is 0.422 e. The number of fused-ring (bicyclic) bond motifs is 1. The van der Waals surface area contributed by atoms with E-state index >= 15 is 0 Å². The first kappa shape index (κ1) is 18.5. The van der Waals surface area contributed by atoms with Crippen LogP contribution in [-0.4, -0.2) is 36.9 Å². The van der Waals surface area contributed by atoms with Gasteiger partial charge in [0.2, 0.25) is 5.91 Å². The van der Waals surface area contributed by atoms with Gasteiger partial charge in [-0.15, -0.1) is 0 Å². The molecular weight excluding hydrogens is 356 g/mol. The maximum Gasteiger partial charge on any atom is 0.349 e. The second-order valence-corrected chi connectivity index (χ2v) is 7.07. The van der Waals surface area contributed by atoms with Crippen LogP contribution >= 0.6 is 11.6 Å². The number of likely N-dealkylation sites (tertiary alicyclic amines) is 1. The van der Waals surface area contributed by atoms with Crippen molar-refractivity contribution in [3.05, 3.63) is 45.3 Å². The molecule has 1 fully saturated rings. The minimum absolute atomic E-state index is 0.00644. The lowest BCUT2D eigenvalue weighted by Crippen LogP contribution is -2.49. The zero-order valence-corrected chi connectivity index (χ0v) is 15.6. The first-order valence-corrected chi connectivity index (χ1v) is 9.03. The number of nitrogens with zero attached hydrogens (tertiary/aromatic N) is 1. The number of piperidine rings is 1. The summed E-state index contributed by atoms with van der Waals surface area (Å²) in [4.78, 5) is 38.9. The molecule has 0 unspecified atom stereocenters. The number of hydrogen-bond donors (Lipinski definition) is 1. The lowest BCUT2D eigenvalue weighted by molar-refractivity contribution is -0.133. The third-order valence-corrected chi connectivity index (χ3v) is 5.55. The minimum Gasteiger partial charge on any atom is -0.422 e. The number of carbonyl (C=O) groups is 2. The molecule has 138 valence electrons. The quantitative estimate of drug-likeness (QED) is 0.835. The van der Waals surface area contributed by atoms with Gasteiger partial charge >= 0.3 is 5.63 Å². The van der Waals surface area contributed by atoms with Crippen molar-refractivity contribution in [2.45, 2.75) is 26.2 Å². The van der Waals surface area contributed by atoms with E-state index in [-0.39, 0.29) is 17.4 Å². The van der Waals surface area contributed by atoms with Crippen molar-refractivity contribution in [1.29, 1.82) is 0 Å². The van der Waals surface area contributed by atoms with Crippen molar-refractivity contribution in [3.8, 4) is 0 Å². The SMILES string of the molecule is CCC1(C(=O)NC)CCN(C(=O)c2cc3cc(Cl)ccc3oc2=O)CC1. The van der Waals surface area contributed by atoms with Gasteiger partial charge in [0.15, 0.2) is 0 Å². The third kappa shape index (κ3) is 3.21. The predicted molar refractivity (Wildman–Crippen MR) is 99.4 cm³/mol. The fourth-order valence-electron chi connectivity index (χ4n) is 3.56. The van der Waals surface area contributed by atoms with E-state index in [0.717, 1.165) is 0 Å². The van der Waals surface area contributed by atoms with E-state index < -0.39 is 11.0 Å². The summed E-state index contributed by atoms with van der Waals surface area (Å²) in [6.45, 7) is 2.83. The molecule has 1 aliphatic heterocycles. The number of amides is 2. The number of hydrogen-bond acceptors (Lipinski definition) is 4. The highest BCUT2D eigenvalue weighted by molar-refractivity contribution is 6.31. The maximum atomic E-state index is 12.8. The Morgan fingerprint density at radius 1 is 1.27 bits per heavy atom. The average Bonchev–Trinajstić information content (AvgIpc) is 2.66. The molecule has 0 spiro atoms. The van der Waals surface area contributed by atoms with Gasteiger partial charge in [-0.1, -0.05) is 18.5 Å². The van der Waals surface area contributed by atoms with Gasteiger partial charge in [-0.2, -0.15) is 0 Å². The fraction of sp³-hybridized carbons (Fsp3) is 0.421. The molecule has 3 rings (SSSR count). The van der Waals surface area contributed by atoms with Crippen molar-refractivity contribution >= 4 is 34.4 Å². The van der Waals surface area contributed by atoms with E-state index in [0.29, 0.717) is 48.3 Å². The lowest BCUT2D eigenvalue weighted by atomic mass is 9.75. The molecule has 1 aromatic carbocycles. The molecule has 1 N–H and O–H groups in total. The van der Waals surface area contributed by atoms with Crippen LogP contribution in [0.3, 0.4) is 0 Å². The van der Waals surface area contributed by atoms with E-state index in [2.05, 4.69) is 5.32 Å². The Bertz CT molecular complexity index is 913. The van der Waals surface area contributed by atoms with Crippen molar-refractivity contribution in [1.82, 2.24) is 10.2 Å². The highest BCUT2D eigenvalue weighted by atomic mass is 35.5. The predicted octanol–water partition coefficient (Wildman–Crippen LogP) is 2.82. The molecule has 1 saturated heterocycles. The molecule has 2 heterocycles. The normalized spacial score (nSPS) is 16.5. The van der Waals surface area contributed by atoms with Crippen molar-refractivity contribution in [3.63, 3.8) is 0 Å². The lowest BCUT2D eigenvalue weighted by Gasteiger charge is -2.39. The molecule has 2 aromatic rings. The minimum atomic E-state index is -0.663. The van der Waals surface area contributed by atoms with Gasteiger partial charge < -0.3 is 14.6 Å². The van der Waals surface area contributed by atoms with Crippen LogP contribution in [0, 0.1) is 5.41 Å². The molecule has 7 heteroatoms. The molecule has 0 aliphatic carbocycles. The summed E-state index contributed by atoms with van der Waals surface area (Å²) in [6, 6.07) is 6.41. The summed E-state index contributed by atoms with van der Waals surface area (Å²) in [5, 5.41) is 3.82. The summed E-state index contributed by atoms with van der Waals surface area (Å²) < 4.78 is 5.25. The number of halogens is 1. The number of benzene rings is 1. The molecule has 6 nitrogen and oxygen atoms in total. The second-order valence-electron chi connectivity index (χ2n) is 6.63. The highest BCUT2D eigenvalue weighted by Crippen LogP contribution is 2.35. The van der Waals surface area contributed by atoms with Crippen LogP contribution in [0.25, 0.3) is 11.0 Å². The van der Waals surface area contributed by atoms with Crippen LogP contribution in [0.5, 0.6) is 0 Å². The van der Waals surface area contributed by atoms with Gasteiger partial charge in [-0.05, 0) is 43.5 Å². The zero-order chi connectivity index (χ0) is 18.9. The molecule has 2 amide bonds. The Kier molecular flexibility index (Phi) is 5.05. The van der Waals surface area contributed by atoms with Crippen LogP contribution in [0.2, 0.25) is 5.02 Å². The number of nitrogens with one attached hydrogen (secondary N) is 1. The Hall–Kier alpha value is -2.34. The molecular formula is C19H21ClN2O4. The van der Waals surface area contributed by atoms with Crippen molar-refractivity contribution in [2.24, 2.45) is 5.41 Å². The van der Waals surface area contributed by atoms with E-state index in [1.54, 1.807) is 30.1 Å². The standard InChI is InChI=1S/C19H21ClN2O4/c1-3-19(18(25)21-2)6-8-22(9-7-19)16(23)14-11-12-10-13(20)4-5-15(12)26-17(14)24/h4-5,10-11H,3,6-9H2,1-2H3,(H,21,25). The molecule has 0 saturated carbocycles. The Morgan fingerprint density at radius 2 is 1.96 bits per heavy atom. The topological polar surface area (TPSA) is 79.6 Å². The molecule has 0 bridgehead atoms. The third-order valence-electron chi connectivity index (χ3n) is 5.32. The van der Waals surface area contributed by atoms with Crippen LogP contribution in [0.15, 0.2) is 33.5 Å². The zero-order valence-electron chi connectivity index (χ0n) is 14.8. The van der Waals surface area contributed by atoms with Gasteiger partial charge in [0.25, 0.3) is 5.91 Å².